The lowest BCUT2D eigenvalue weighted by Gasteiger charge is -2.30. The average Bonchev–Trinajstić information content (AvgIpc) is 3.13. The van der Waals surface area contributed by atoms with Gasteiger partial charge in [0.1, 0.15) is 0 Å². The highest BCUT2D eigenvalue weighted by Gasteiger charge is 2.32. The van der Waals surface area contributed by atoms with Gasteiger partial charge in [-0.15, -0.1) is 0 Å². The molecule has 1 aromatic heterocycles. The molecule has 2 heterocycles. The molecule has 0 unspecified atom stereocenters. The van der Waals surface area contributed by atoms with Crippen LogP contribution in [-0.2, 0) is 6.42 Å². The Morgan fingerprint density at radius 2 is 1.85 bits per heavy atom. The number of aryl methyl sites for hydroxylation is 2. The molecular formula is C28H21ClN2OS. The molecule has 0 saturated carbocycles. The Morgan fingerprint density at radius 1 is 1.03 bits per heavy atom. The lowest BCUT2D eigenvalue weighted by Crippen LogP contribution is -2.38. The Bertz CT molecular complexity index is 1610. The number of rotatable bonds is 2. The molecule has 0 bridgehead atoms. The van der Waals surface area contributed by atoms with Crippen LogP contribution < -0.4 is 14.9 Å². The van der Waals surface area contributed by atoms with Crippen molar-refractivity contribution < 1.29 is 0 Å². The molecule has 33 heavy (non-hydrogen) atoms. The van der Waals surface area contributed by atoms with E-state index in [0.29, 0.717) is 9.55 Å². The van der Waals surface area contributed by atoms with Crippen LogP contribution >= 0.6 is 22.9 Å². The third kappa shape index (κ3) is 3.50. The normalized spacial score (nSPS) is 17.3. The highest BCUT2D eigenvalue weighted by molar-refractivity contribution is 7.07. The highest BCUT2D eigenvalue weighted by atomic mass is 35.5. The van der Waals surface area contributed by atoms with Crippen molar-refractivity contribution in [3.63, 3.8) is 0 Å². The third-order valence-electron chi connectivity index (χ3n) is 6.40. The van der Waals surface area contributed by atoms with E-state index in [0.717, 1.165) is 34.5 Å². The van der Waals surface area contributed by atoms with E-state index in [4.69, 9.17) is 16.6 Å². The molecule has 0 amide bonds. The molecule has 3 aromatic carbocycles. The summed E-state index contributed by atoms with van der Waals surface area (Å²) < 4.78 is 2.58. The Balaban J connectivity index is 1.63. The molecule has 4 aromatic rings. The summed E-state index contributed by atoms with van der Waals surface area (Å²) in [5.74, 6) is 0. The zero-order chi connectivity index (χ0) is 22.5. The molecule has 3 nitrogen and oxygen atoms in total. The van der Waals surface area contributed by atoms with Crippen LogP contribution in [0.5, 0.6) is 0 Å². The number of fused-ring (bicyclic) bond motifs is 3. The Morgan fingerprint density at radius 3 is 2.67 bits per heavy atom. The number of nitrogens with zero attached hydrogens (tertiary/aromatic N) is 2. The molecule has 0 spiro atoms. The monoisotopic (exact) mass is 468 g/mol. The standard InChI is InChI=1S/C28H21ClN2OS/c1-17-5-4-6-18(15-17)16-24-27(32)31-26(20-9-12-21(29)13-10-20)23-14-11-19-7-2-3-8-22(19)25(23)30-28(31)33-24/h2-10,12-13,15-16,26H,11,14H2,1H3/b24-16-/t26-/m1/s1. The Labute approximate surface area is 200 Å². The summed E-state index contributed by atoms with van der Waals surface area (Å²) in [5, 5.41) is 0.689. The first kappa shape index (κ1) is 20.4. The summed E-state index contributed by atoms with van der Waals surface area (Å²) >= 11 is 7.65. The molecule has 1 aliphatic carbocycles. The molecule has 2 aliphatic rings. The SMILES string of the molecule is Cc1cccc(/C=c2\sc3n(c2=O)[C@H](c2ccc(Cl)cc2)C2=C(N=3)c3ccccc3CC2)c1. The predicted octanol–water partition coefficient (Wildman–Crippen LogP) is 5.28. The van der Waals surface area contributed by atoms with Gasteiger partial charge in [0, 0.05) is 10.6 Å². The number of hydrogen-bond acceptors (Lipinski definition) is 3. The second-order valence-corrected chi connectivity index (χ2v) is 10.0. The molecule has 0 saturated heterocycles. The first-order valence-corrected chi connectivity index (χ1v) is 12.2. The molecular weight excluding hydrogens is 448 g/mol. The van der Waals surface area contributed by atoms with Crippen molar-refractivity contribution >= 4 is 34.7 Å². The van der Waals surface area contributed by atoms with Crippen molar-refractivity contribution in [2.75, 3.05) is 0 Å². The summed E-state index contributed by atoms with van der Waals surface area (Å²) in [6, 6.07) is 24.4. The van der Waals surface area contributed by atoms with Crippen LogP contribution in [0.15, 0.2) is 88.2 Å². The molecule has 5 heteroatoms. The van der Waals surface area contributed by atoms with Gasteiger partial charge < -0.3 is 0 Å². The summed E-state index contributed by atoms with van der Waals surface area (Å²) in [4.78, 5) is 19.5. The van der Waals surface area contributed by atoms with Crippen LogP contribution in [0.4, 0.5) is 0 Å². The number of hydrogen-bond donors (Lipinski definition) is 0. The van der Waals surface area contributed by atoms with Crippen LogP contribution in [-0.4, -0.2) is 4.57 Å². The van der Waals surface area contributed by atoms with Crippen LogP contribution in [0.3, 0.4) is 0 Å². The van der Waals surface area contributed by atoms with Gasteiger partial charge in [-0.3, -0.25) is 9.36 Å². The molecule has 0 fully saturated rings. The minimum Gasteiger partial charge on any atom is -0.272 e. The van der Waals surface area contributed by atoms with E-state index in [1.54, 1.807) is 0 Å². The van der Waals surface area contributed by atoms with E-state index < -0.39 is 0 Å². The minimum absolute atomic E-state index is 0.00520. The maximum atomic E-state index is 13.7. The molecule has 1 atom stereocenters. The molecule has 0 radical (unpaired) electrons. The summed E-state index contributed by atoms with van der Waals surface area (Å²) in [7, 11) is 0. The van der Waals surface area contributed by atoms with Crippen molar-refractivity contribution in [2.45, 2.75) is 25.8 Å². The predicted molar refractivity (Wildman–Crippen MR) is 135 cm³/mol. The summed E-state index contributed by atoms with van der Waals surface area (Å²) in [6.45, 7) is 2.06. The number of halogens is 1. The molecule has 0 N–H and O–H groups in total. The van der Waals surface area contributed by atoms with E-state index in [1.807, 2.05) is 47.0 Å². The van der Waals surface area contributed by atoms with Crippen LogP contribution in [0.2, 0.25) is 5.02 Å². The van der Waals surface area contributed by atoms with E-state index >= 15 is 0 Å². The summed E-state index contributed by atoms with van der Waals surface area (Å²) in [5.41, 5.74) is 7.96. The maximum absolute atomic E-state index is 13.7. The van der Waals surface area contributed by atoms with Crippen molar-refractivity contribution in [1.29, 1.82) is 0 Å². The molecule has 6 rings (SSSR count). The van der Waals surface area contributed by atoms with Gasteiger partial charge in [-0.25, -0.2) is 4.99 Å². The highest BCUT2D eigenvalue weighted by Crippen LogP contribution is 2.41. The Hall–Kier alpha value is -3.21. The largest absolute Gasteiger partial charge is 0.272 e. The smallest absolute Gasteiger partial charge is 0.271 e. The first-order valence-electron chi connectivity index (χ1n) is 11.0. The minimum atomic E-state index is -0.179. The van der Waals surface area contributed by atoms with Gasteiger partial charge in [0.25, 0.3) is 5.56 Å². The van der Waals surface area contributed by atoms with Gasteiger partial charge in [0.05, 0.1) is 16.3 Å². The van der Waals surface area contributed by atoms with E-state index in [9.17, 15) is 4.79 Å². The van der Waals surface area contributed by atoms with E-state index in [1.165, 1.54) is 33.6 Å². The maximum Gasteiger partial charge on any atom is 0.271 e. The molecule has 162 valence electrons. The van der Waals surface area contributed by atoms with Crippen molar-refractivity contribution in [3.05, 3.63) is 131 Å². The van der Waals surface area contributed by atoms with Crippen molar-refractivity contribution in [2.24, 2.45) is 4.99 Å². The number of thiazole rings is 1. The molecule has 1 aliphatic heterocycles. The quantitative estimate of drug-likeness (QED) is 0.394. The van der Waals surface area contributed by atoms with Gasteiger partial charge in [-0.1, -0.05) is 89.2 Å². The second kappa shape index (κ2) is 7.98. The van der Waals surface area contributed by atoms with Gasteiger partial charge >= 0.3 is 0 Å². The fourth-order valence-electron chi connectivity index (χ4n) is 4.88. The Kier molecular flexibility index (Phi) is 4.93. The van der Waals surface area contributed by atoms with Crippen molar-refractivity contribution in [3.8, 4) is 0 Å². The number of allylic oxidation sites excluding steroid dienone is 1. The second-order valence-electron chi connectivity index (χ2n) is 8.58. The lowest BCUT2D eigenvalue weighted by molar-refractivity contribution is 0.585. The fraction of sp³-hybridized carbons (Fsp3) is 0.143. The first-order chi connectivity index (χ1) is 16.1. The van der Waals surface area contributed by atoms with Crippen molar-refractivity contribution in [1.82, 2.24) is 4.57 Å². The number of aromatic nitrogens is 1. The van der Waals surface area contributed by atoms with Crippen LogP contribution in [0.25, 0.3) is 11.8 Å². The van der Waals surface area contributed by atoms with Gasteiger partial charge in [-0.05, 0) is 60.2 Å². The summed E-state index contributed by atoms with van der Waals surface area (Å²) in [6.07, 6.45) is 3.81. The third-order valence-corrected chi connectivity index (χ3v) is 7.63. The topological polar surface area (TPSA) is 34.4 Å². The van der Waals surface area contributed by atoms with Crippen LogP contribution in [0, 0.1) is 6.92 Å². The van der Waals surface area contributed by atoms with Gasteiger partial charge in [-0.2, -0.15) is 0 Å². The average molecular weight is 469 g/mol. The number of benzene rings is 3. The zero-order valence-electron chi connectivity index (χ0n) is 18.1. The fourth-order valence-corrected chi connectivity index (χ4v) is 6.01. The zero-order valence-corrected chi connectivity index (χ0v) is 19.7. The lowest BCUT2D eigenvalue weighted by atomic mass is 9.83. The van der Waals surface area contributed by atoms with E-state index in [2.05, 4.69) is 43.3 Å². The van der Waals surface area contributed by atoms with Crippen LogP contribution in [0.1, 0.15) is 40.3 Å². The van der Waals surface area contributed by atoms with E-state index in [-0.39, 0.29) is 11.6 Å². The van der Waals surface area contributed by atoms with Gasteiger partial charge in [0.2, 0.25) is 0 Å². The van der Waals surface area contributed by atoms with Gasteiger partial charge in [0.15, 0.2) is 4.80 Å².